The summed E-state index contributed by atoms with van der Waals surface area (Å²) in [5, 5.41) is 33.2. The number of nitrogens with one attached hydrogen (secondary N) is 4. The topological polar surface area (TPSA) is 310 Å². The number of carboxylic acid groups (broad SMARTS) is 2. The number of urea groups is 1. The molecule has 4 amide bonds. The summed E-state index contributed by atoms with van der Waals surface area (Å²) in [6.07, 6.45) is 1.46. The molecule has 20 nitrogen and oxygen atoms in total. The molecule has 4 rings (SSSR count). The Labute approximate surface area is 263 Å². The number of amides is 4. The summed E-state index contributed by atoms with van der Waals surface area (Å²) in [5.74, 6) is -4.11. The van der Waals surface area contributed by atoms with Gasteiger partial charge in [0.15, 0.2) is 28.1 Å². The third-order valence-electron chi connectivity index (χ3n) is 7.27. The fourth-order valence-electron chi connectivity index (χ4n) is 4.45. The number of thioether (sulfide) groups is 1. The average molecular weight is 670 g/mol. The minimum Gasteiger partial charge on any atom is -0.481 e. The smallest absolute Gasteiger partial charge is 0.350 e. The highest BCUT2D eigenvalue weighted by atomic mass is 32.2. The van der Waals surface area contributed by atoms with Crippen molar-refractivity contribution in [3.05, 3.63) is 12.0 Å². The molecule has 0 spiro atoms. The van der Waals surface area contributed by atoms with Gasteiger partial charge in [-0.2, -0.15) is 9.36 Å². The van der Waals surface area contributed by atoms with Crippen molar-refractivity contribution in [3.8, 4) is 0 Å². The third kappa shape index (κ3) is 6.56. The van der Waals surface area contributed by atoms with Crippen molar-refractivity contribution >= 4 is 75.4 Å². The van der Waals surface area contributed by atoms with Crippen LogP contribution in [0.25, 0.3) is 0 Å². The van der Waals surface area contributed by atoms with Crippen molar-refractivity contribution in [2.45, 2.75) is 43.8 Å². The van der Waals surface area contributed by atoms with E-state index in [9.17, 15) is 34.2 Å². The minimum absolute atomic E-state index is 0.00955. The Balaban J connectivity index is 1.49. The Bertz CT molecular complexity index is 1540. The third-order valence-corrected chi connectivity index (χ3v) is 9.36. The summed E-state index contributed by atoms with van der Waals surface area (Å²) >= 11 is 1.92. The van der Waals surface area contributed by atoms with Crippen molar-refractivity contribution in [1.29, 1.82) is 0 Å². The van der Waals surface area contributed by atoms with Crippen LogP contribution in [0, 0.1) is 5.41 Å². The van der Waals surface area contributed by atoms with E-state index in [1.165, 1.54) is 29.6 Å². The summed E-state index contributed by atoms with van der Waals surface area (Å²) in [6.45, 7) is 4.35. The van der Waals surface area contributed by atoms with Gasteiger partial charge in [0.25, 0.3) is 5.91 Å². The average Bonchev–Trinajstić information content (AvgIpc) is 3.58. The highest BCUT2D eigenvalue weighted by Gasteiger charge is 2.62. The summed E-state index contributed by atoms with van der Waals surface area (Å²) in [4.78, 5) is 73.0. The Morgan fingerprint density at radius 2 is 2.04 bits per heavy atom. The number of hydrogen-bond donors (Lipinski definition) is 9. The normalized spacial score (nSPS) is 22.1. The number of aromatic nitrogens is 4. The van der Waals surface area contributed by atoms with Gasteiger partial charge in [-0.1, -0.05) is 5.16 Å². The van der Waals surface area contributed by atoms with Gasteiger partial charge >= 0.3 is 18.0 Å². The van der Waals surface area contributed by atoms with Crippen molar-refractivity contribution in [1.82, 2.24) is 30.0 Å². The highest BCUT2D eigenvalue weighted by Crippen LogP contribution is 2.46. The zero-order valence-electron chi connectivity index (χ0n) is 24.3. The first-order valence-corrected chi connectivity index (χ1v) is 15.1. The molecule has 2 aliphatic heterocycles. The van der Waals surface area contributed by atoms with Gasteiger partial charge in [0, 0.05) is 43.8 Å². The van der Waals surface area contributed by atoms with Crippen LogP contribution in [0.5, 0.6) is 0 Å². The number of oxime groups is 1. The van der Waals surface area contributed by atoms with Crippen LogP contribution in [0.1, 0.15) is 32.6 Å². The number of aromatic amines is 1. The molecule has 4 heterocycles. The number of carbonyl (C=O) groups is 5. The van der Waals surface area contributed by atoms with E-state index >= 15 is 0 Å². The molecule has 244 valence electrons. The molecular formula is C23H33N12O8S2+. The Kier molecular flexibility index (Phi) is 9.39. The molecule has 2 fully saturated rings. The molecule has 2 aromatic rings. The number of nitrogen functional groups attached to an aromatic ring is 2. The Morgan fingerprint density at radius 3 is 2.64 bits per heavy atom. The van der Waals surface area contributed by atoms with Crippen LogP contribution in [0.2, 0.25) is 0 Å². The number of nitrogens with two attached hydrogens (primary N) is 3. The number of β-lactam (4-membered cyclic amide) rings is 1. The molecule has 12 N–H and O–H groups in total. The number of carboxylic acids is 2. The van der Waals surface area contributed by atoms with Gasteiger partial charge in [0.1, 0.15) is 11.4 Å². The molecular weight excluding hydrogens is 636 g/mol. The maximum atomic E-state index is 13.2. The van der Waals surface area contributed by atoms with E-state index in [-0.39, 0.29) is 47.8 Å². The molecule has 0 aromatic carbocycles. The number of fused-ring (bicyclic) bond motifs is 1. The van der Waals surface area contributed by atoms with Crippen LogP contribution in [0.3, 0.4) is 0 Å². The molecule has 0 saturated carbocycles. The number of carbonyl (C=O) groups excluding carboxylic acids is 3. The Morgan fingerprint density at radius 1 is 1.33 bits per heavy atom. The number of nitrogens with zero attached hydrogens (tertiary/aromatic N) is 5. The van der Waals surface area contributed by atoms with E-state index in [4.69, 9.17) is 22.0 Å². The number of hydrogen-bond acceptors (Lipinski definition) is 14. The minimum atomic E-state index is -1.80. The van der Waals surface area contributed by atoms with Gasteiger partial charge < -0.3 is 47.8 Å². The van der Waals surface area contributed by atoms with E-state index in [1.54, 1.807) is 6.92 Å². The Hall–Kier alpha value is -4.70. The number of H-pyrrole nitrogens is 1. The second kappa shape index (κ2) is 12.7. The first-order chi connectivity index (χ1) is 21.1. The van der Waals surface area contributed by atoms with E-state index in [1.807, 2.05) is 0 Å². The van der Waals surface area contributed by atoms with Gasteiger partial charge in [-0.25, -0.2) is 9.59 Å². The highest BCUT2D eigenvalue weighted by molar-refractivity contribution is 8.00. The van der Waals surface area contributed by atoms with Crippen LogP contribution in [0.4, 0.5) is 21.4 Å². The van der Waals surface area contributed by atoms with E-state index in [2.05, 4.69) is 35.6 Å². The van der Waals surface area contributed by atoms with Crippen LogP contribution >= 0.6 is 23.3 Å². The molecule has 2 saturated heterocycles. The molecule has 45 heavy (non-hydrogen) atoms. The molecule has 22 heteroatoms. The summed E-state index contributed by atoms with van der Waals surface area (Å²) in [7, 11) is 0. The van der Waals surface area contributed by atoms with Crippen LogP contribution < -0.4 is 37.8 Å². The number of anilines is 3. The van der Waals surface area contributed by atoms with Gasteiger partial charge in [0.05, 0.1) is 0 Å². The summed E-state index contributed by atoms with van der Waals surface area (Å²) in [6, 6.07) is -2.38. The van der Waals surface area contributed by atoms with Gasteiger partial charge in [-0.15, -0.1) is 21.5 Å². The second-order valence-electron chi connectivity index (χ2n) is 10.7. The number of rotatable bonds is 12. The first-order valence-electron chi connectivity index (χ1n) is 13.3. The zero-order valence-corrected chi connectivity index (χ0v) is 25.9. The molecule has 0 bridgehead atoms. The standard InChI is InChI=1S/C23H32N12O8S2/c1-9(35-6-10(13(25)31-35)28-21(42)27-5-4-24)23(19(40)41)7-34-16(37)12(17(34)44-8-23)29-15(36)11(14-30-20(26)45-33-14)32-43-22(2,3)18(38)39/h6,9,12,17H,4-5,7-8,24H2,1-3H3,(H9,25,26,27,28,29,30,31,33,36,38,39,40,41,42)/p+1/t9?,12-,17-,23?/m1/s1. The van der Waals surface area contributed by atoms with Gasteiger partial charge in [-0.3, -0.25) is 19.7 Å². The lowest BCUT2D eigenvalue weighted by Crippen LogP contribution is -2.75. The van der Waals surface area contributed by atoms with E-state index < -0.39 is 64.0 Å². The maximum absolute atomic E-state index is 13.2. The molecule has 2 aliphatic rings. The summed E-state index contributed by atoms with van der Waals surface area (Å²) in [5.41, 5.74) is 13.5. The van der Waals surface area contributed by atoms with Crippen molar-refractivity contribution in [2.24, 2.45) is 16.3 Å². The summed E-state index contributed by atoms with van der Waals surface area (Å²) < 4.78 is 5.38. The maximum Gasteiger partial charge on any atom is 0.350 e. The lowest BCUT2D eigenvalue weighted by Gasteiger charge is -2.53. The molecule has 2 aromatic heterocycles. The van der Waals surface area contributed by atoms with Gasteiger partial charge in [-0.05, 0) is 13.8 Å². The first kappa shape index (κ1) is 33.2. The van der Waals surface area contributed by atoms with Crippen LogP contribution in [0.15, 0.2) is 11.4 Å². The SMILES string of the molecule is CC([n+]1cc(NC(=O)NCCN)c(N)[nH]1)C1(C(=O)O)CS[C@@H]2[C@H](NC(=O)C(=NOC(C)(C)C(=O)O)c3nsc(N)n3)C(=O)N2C1. The van der Waals surface area contributed by atoms with Crippen molar-refractivity contribution in [2.75, 3.05) is 42.2 Å². The largest absolute Gasteiger partial charge is 0.481 e. The fraction of sp³-hybridized carbons (Fsp3) is 0.522. The monoisotopic (exact) mass is 669 g/mol. The van der Waals surface area contributed by atoms with E-state index in [0.29, 0.717) is 0 Å². The quantitative estimate of drug-likeness (QED) is 0.0498. The predicted molar refractivity (Wildman–Crippen MR) is 160 cm³/mol. The zero-order chi connectivity index (χ0) is 33.3. The number of aliphatic carboxylic acids is 2. The molecule has 0 radical (unpaired) electrons. The lowest BCUT2D eigenvalue weighted by molar-refractivity contribution is -0.779. The molecule has 2 unspecified atom stereocenters. The fourth-order valence-corrected chi connectivity index (χ4v) is 6.54. The van der Waals surface area contributed by atoms with Crippen LogP contribution in [-0.2, 0) is 24.0 Å². The predicted octanol–water partition coefficient (Wildman–Crippen LogP) is -2.29. The molecule has 4 atom stereocenters. The van der Waals surface area contributed by atoms with Crippen molar-refractivity contribution < 1.29 is 43.7 Å². The van der Waals surface area contributed by atoms with E-state index in [0.717, 1.165) is 23.3 Å². The lowest BCUT2D eigenvalue weighted by atomic mass is 9.80. The van der Waals surface area contributed by atoms with Gasteiger partial charge in [0.2, 0.25) is 29.2 Å². The van der Waals surface area contributed by atoms with Crippen LogP contribution in [-0.4, -0.2) is 107 Å². The molecule has 0 aliphatic carbocycles. The second-order valence-corrected chi connectivity index (χ2v) is 12.6. The van der Waals surface area contributed by atoms with Crippen molar-refractivity contribution in [3.63, 3.8) is 0 Å².